The minimum atomic E-state index is 0.509. The zero-order chi connectivity index (χ0) is 15.4. The number of morpholine rings is 1. The molecule has 1 aliphatic heterocycles. The fourth-order valence-electron chi connectivity index (χ4n) is 3.74. The normalized spacial score (nSPS) is 28.9. The quantitative estimate of drug-likeness (QED) is 0.861. The molecule has 3 rings (SSSR count). The zero-order valence-corrected chi connectivity index (χ0v) is 14.3. The molecule has 0 radical (unpaired) electrons. The van der Waals surface area contributed by atoms with Gasteiger partial charge in [-0.25, -0.2) is 0 Å². The van der Waals surface area contributed by atoms with Crippen molar-refractivity contribution in [1.82, 2.24) is 10.6 Å². The Morgan fingerprint density at radius 3 is 2.73 bits per heavy atom. The summed E-state index contributed by atoms with van der Waals surface area (Å²) in [6, 6.07) is 6.88. The summed E-state index contributed by atoms with van der Waals surface area (Å²) in [5.41, 5.74) is 1.19. The third-order valence-corrected chi connectivity index (χ3v) is 5.22. The highest BCUT2D eigenvalue weighted by atomic mass is 35.5. The molecule has 1 saturated carbocycles. The van der Waals surface area contributed by atoms with Crippen LogP contribution in [-0.2, 0) is 11.2 Å². The minimum Gasteiger partial charge on any atom is -0.379 e. The van der Waals surface area contributed by atoms with E-state index in [0.29, 0.717) is 28.0 Å². The van der Waals surface area contributed by atoms with Gasteiger partial charge in [0.2, 0.25) is 0 Å². The highest BCUT2D eigenvalue weighted by Crippen LogP contribution is 2.29. The standard InChI is InChI=1S/C17H24Cl2N2O/c18-13-8-12(9-14(19)10-13)4-5-20-16-3-1-2-15(16)17-11-22-7-6-21-17/h8-10,15-17,20-21H,1-7,11H2. The highest BCUT2D eigenvalue weighted by molar-refractivity contribution is 6.34. The van der Waals surface area contributed by atoms with Gasteiger partial charge in [-0.3, -0.25) is 0 Å². The highest BCUT2D eigenvalue weighted by Gasteiger charge is 2.34. The van der Waals surface area contributed by atoms with Crippen LogP contribution < -0.4 is 10.6 Å². The van der Waals surface area contributed by atoms with Crippen molar-refractivity contribution in [2.75, 3.05) is 26.3 Å². The van der Waals surface area contributed by atoms with Gasteiger partial charge in [0.05, 0.1) is 13.2 Å². The van der Waals surface area contributed by atoms with E-state index in [4.69, 9.17) is 27.9 Å². The molecule has 1 heterocycles. The molecule has 3 unspecified atom stereocenters. The fourth-order valence-corrected chi connectivity index (χ4v) is 4.31. The number of halogens is 2. The van der Waals surface area contributed by atoms with Gasteiger partial charge >= 0.3 is 0 Å². The van der Waals surface area contributed by atoms with Crippen LogP contribution in [0, 0.1) is 5.92 Å². The Morgan fingerprint density at radius 1 is 1.18 bits per heavy atom. The molecule has 2 N–H and O–H groups in total. The molecule has 1 aromatic carbocycles. The maximum absolute atomic E-state index is 6.05. The first-order chi connectivity index (χ1) is 10.7. The van der Waals surface area contributed by atoms with Gasteiger partial charge in [0, 0.05) is 28.7 Å². The van der Waals surface area contributed by atoms with Gasteiger partial charge in [0.15, 0.2) is 0 Å². The molecular formula is C17H24Cl2N2O. The molecule has 5 heteroatoms. The van der Waals surface area contributed by atoms with Crippen LogP contribution >= 0.6 is 23.2 Å². The van der Waals surface area contributed by atoms with Crippen LogP contribution in [0.3, 0.4) is 0 Å². The van der Waals surface area contributed by atoms with Crippen LogP contribution in [0.25, 0.3) is 0 Å². The maximum atomic E-state index is 6.05. The van der Waals surface area contributed by atoms with Crippen LogP contribution in [0.15, 0.2) is 18.2 Å². The van der Waals surface area contributed by atoms with Gasteiger partial charge in [-0.1, -0.05) is 29.6 Å². The minimum absolute atomic E-state index is 0.509. The SMILES string of the molecule is Clc1cc(Cl)cc(CCNC2CCCC2C2COCCN2)c1. The van der Waals surface area contributed by atoms with Crippen molar-refractivity contribution in [3.63, 3.8) is 0 Å². The van der Waals surface area contributed by atoms with E-state index < -0.39 is 0 Å². The number of nitrogens with one attached hydrogen (secondary N) is 2. The van der Waals surface area contributed by atoms with Crippen molar-refractivity contribution in [2.24, 2.45) is 5.92 Å². The van der Waals surface area contributed by atoms with Gasteiger partial charge in [-0.15, -0.1) is 0 Å². The lowest BCUT2D eigenvalue weighted by molar-refractivity contribution is 0.0526. The number of hydrogen-bond donors (Lipinski definition) is 2. The molecule has 0 bridgehead atoms. The third kappa shape index (κ3) is 4.36. The van der Waals surface area contributed by atoms with Crippen LogP contribution in [-0.4, -0.2) is 38.4 Å². The summed E-state index contributed by atoms with van der Waals surface area (Å²) in [7, 11) is 0. The van der Waals surface area contributed by atoms with E-state index in [-0.39, 0.29) is 0 Å². The summed E-state index contributed by atoms with van der Waals surface area (Å²) in [5, 5.41) is 8.77. The molecule has 122 valence electrons. The van der Waals surface area contributed by atoms with E-state index in [1.54, 1.807) is 6.07 Å². The predicted molar refractivity (Wildman–Crippen MR) is 91.9 cm³/mol. The molecule has 22 heavy (non-hydrogen) atoms. The lowest BCUT2D eigenvalue weighted by Gasteiger charge is -2.33. The predicted octanol–water partition coefficient (Wildman–Crippen LogP) is 3.28. The van der Waals surface area contributed by atoms with Crippen molar-refractivity contribution in [2.45, 2.75) is 37.8 Å². The van der Waals surface area contributed by atoms with Crippen molar-refractivity contribution in [1.29, 1.82) is 0 Å². The number of benzene rings is 1. The van der Waals surface area contributed by atoms with Crippen molar-refractivity contribution in [3.05, 3.63) is 33.8 Å². The smallest absolute Gasteiger partial charge is 0.0623 e. The lowest BCUT2D eigenvalue weighted by Crippen LogP contribution is -2.51. The van der Waals surface area contributed by atoms with Gasteiger partial charge in [-0.2, -0.15) is 0 Å². The van der Waals surface area contributed by atoms with Crippen LogP contribution in [0.2, 0.25) is 10.0 Å². The number of ether oxygens (including phenoxy) is 1. The second-order valence-electron chi connectivity index (χ2n) is 6.32. The molecule has 1 aliphatic carbocycles. The second-order valence-corrected chi connectivity index (χ2v) is 7.19. The average molecular weight is 343 g/mol. The Kier molecular flexibility index (Phi) is 6.00. The Labute approximate surface area is 142 Å². The first-order valence-corrected chi connectivity index (χ1v) is 8.97. The second kappa shape index (κ2) is 7.98. The number of hydrogen-bond acceptors (Lipinski definition) is 3. The topological polar surface area (TPSA) is 33.3 Å². The molecule has 1 aromatic rings. The summed E-state index contributed by atoms with van der Waals surface area (Å²) in [6.07, 6.45) is 4.82. The van der Waals surface area contributed by atoms with Gasteiger partial charge in [-0.05, 0) is 55.5 Å². The monoisotopic (exact) mass is 342 g/mol. The molecule has 1 saturated heterocycles. The Bertz CT molecular complexity index is 471. The third-order valence-electron chi connectivity index (χ3n) is 4.78. The molecule has 2 fully saturated rings. The molecule has 3 atom stereocenters. The summed E-state index contributed by atoms with van der Waals surface area (Å²) in [4.78, 5) is 0. The first kappa shape index (κ1) is 16.5. The van der Waals surface area contributed by atoms with Crippen molar-refractivity contribution < 1.29 is 4.74 Å². The Balaban J connectivity index is 1.49. The van der Waals surface area contributed by atoms with E-state index in [2.05, 4.69) is 10.6 Å². The molecule has 2 aliphatic rings. The van der Waals surface area contributed by atoms with E-state index in [0.717, 1.165) is 32.7 Å². The summed E-state index contributed by atoms with van der Waals surface area (Å²) in [5.74, 6) is 0.684. The van der Waals surface area contributed by atoms with Gasteiger partial charge < -0.3 is 15.4 Å². The number of rotatable bonds is 5. The van der Waals surface area contributed by atoms with Crippen molar-refractivity contribution in [3.8, 4) is 0 Å². The van der Waals surface area contributed by atoms with Crippen LogP contribution in [0.5, 0.6) is 0 Å². The zero-order valence-electron chi connectivity index (χ0n) is 12.8. The van der Waals surface area contributed by atoms with Gasteiger partial charge in [0.25, 0.3) is 0 Å². The summed E-state index contributed by atoms with van der Waals surface area (Å²) >= 11 is 12.1. The van der Waals surface area contributed by atoms with Crippen LogP contribution in [0.1, 0.15) is 24.8 Å². The van der Waals surface area contributed by atoms with E-state index in [1.165, 1.54) is 24.8 Å². The summed E-state index contributed by atoms with van der Waals surface area (Å²) in [6.45, 7) is 3.64. The molecule has 0 spiro atoms. The average Bonchev–Trinajstić information content (AvgIpc) is 2.96. The van der Waals surface area contributed by atoms with Gasteiger partial charge in [0.1, 0.15) is 0 Å². The molecular weight excluding hydrogens is 319 g/mol. The van der Waals surface area contributed by atoms with Crippen molar-refractivity contribution >= 4 is 23.2 Å². The molecule has 0 amide bonds. The van der Waals surface area contributed by atoms with E-state index in [9.17, 15) is 0 Å². The Morgan fingerprint density at radius 2 is 2.00 bits per heavy atom. The lowest BCUT2D eigenvalue weighted by atomic mass is 9.94. The maximum Gasteiger partial charge on any atom is 0.0623 e. The fraction of sp³-hybridized carbons (Fsp3) is 0.647. The first-order valence-electron chi connectivity index (χ1n) is 8.22. The molecule has 3 nitrogen and oxygen atoms in total. The largest absolute Gasteiger partial charge is 0.379 e. The summed E-state index contributed by atoms with van der Waals surface area (Å²) < 4.78 is 5.62. The molecule has 0 aromatic heterocycles. The van der Waals surface area contributed by atoms with Crippen LogP contribution in [0.4, 0.5) is 0 Å². The van der Waals surface area contributed by atoms with E-state index >= 15 is 0 Å². The Hall–Kier alpha value is -0.320. The van der Waals surface area contributed by atoms with E-state index in [1.807, 2.05) is 12.1 Å².